The Bertz CT molecular complexity index is 1010. The highest BCUT2D eigenvalue weighted by Crippen LogP contribution is 2.19. The van der Waals surface area contributed by atoms with Crippen LogP contribution in [-0.4, -0.2) is 18.4 Å². The number of carbonyl (C=O) groups is 2. The minimum Gasteiger partial charge on any atom is -0.376 e. The number of para-hydroxylation sites is 1. The molecular weight excluding hydrogens is 393 g/mol. The van der Waals surface area contributed by atoms with Crippen LogP contribution < -0.4 is 16.0 Å². The molecular formula is C22H19ClFN3O2. The van der Waals surface area contributed by atoms with Crippen molar-refractivity contribution in [1.82, 2.24) is 5.32 Å². The monoisotopic (exact) mass is 411 g/mol. The van der Waals surface area contributed by atoms with E-state index < -0.39 is 11.7 Å². The van der Waals surface area contributed by atoms with Crippen molar-refractivity contribution in [3.05, 3.63) is 94.8 Å². The Balaban J connectivity index is 1.59. The molecule has 148 valence electrons. The number of carbonyl (C=O) groups excluding carboxylic acids is 2. The lowest BCUT2D eigenvalue weighted by molar-refractivity contribution is -0.114. The molecule has 0 aliphatic carbocycles. The van der Waals surface area contributed by atoms with Gasteiger partial charge in [0.05, 0.1) is 17.8 Å². The molecule has 0 radical (unpaired) electrons. The molecule has 0 saturated heterocycles. The number of nitrogens with one attached hydrogen (secondary N) is 3. The van der Waals surface area contributed by atoms with Crippen LogP contribution in [0.1, 0.15) is 15.9 Å². The average Bonchev–Trinajstić information content (AvgIpc) is 2.73. The van der Waals surface area contributed by atoms with E-state index in [0.29, 0.717) is 17.8 Å². The third kappa shape index (κ3) is 5.80. The lowest BCUT2D eigenvalue weighted by atomic mass is 10.1. The minimum absolute atomic E-state index is 0.0371. The Kier molecular flexibility index (Phi) is 6.81. The Morgan fingerprint density at radius 2 is 1.62 bits per heavy atom. The number of halogens is 2. The van der Waals surface area contributed by atoms with Crippen LogP contribution >= 0.6 is 11.6 Å². The summed E-state index contributed by atoms with van der Waals surface area (Å²) in [6.45, 7) is 0.259. The maximum absolute atomic E-state index is 13.8. The van der Waals surface area contributed by atoms with Crippen molar-refractivity contribution in [3.8, 4) is 0 Å². The third-order valence-corrected chi connectivity index (χ3v) is 4.35. The van der Waals surface area contributed by atoms with Crippen LogP contribution in [0.2, 0.25) is 5.02 Å². The van der Waals surface area contributed by atoms with E-state index in [4.69, 9.17) is 11.6 Å². The number of amides is 2. The van der Waals surface area contributed by atoms with Crippen LogP contribution in [0.15, 0.2) is 72.8 Å². The maximum Gasteiger partial charge on any atom is 0.253 e. The van der Waals surface area contributed by atoms with Gasteiger partial charge in [-0.05, 0) is 35.9 Å². The van der Waals surface area contributed by atoms with Gasteiger partial charge < -0.3 is 16.0 Å². The van der Waals surface area contributed by atoms with E-state index in [1.54, 1.807) is 24.3 Å². The fraction of sp³-hybridized carbons (Fsp3) is 0.0909. The van der Waals surface area contributed by atoms with Crippen LogP contribution in [0.5, 0.6) is 0 Å². The lowest BCUT2D eigenvalue weighted by Gasteiger charge is -2.13. The van der Waals surface area contributed by atoms with Gasteiger partial charge in [0.25, 0.3) is 5.91 Å². The van der Waals surface area contributed by atoms with Gasteiger partial charge in [-0.3, -0.25) is 9.59 Å². The second-order valence-corrected chi connectivity index (χ2v) is 6.68. The van der Waals surface area contributed by atoms with Crippen molar-refractivity contribution in [2.45, 2.75) is 6.54 Å². The van der Waals surface area contributed by atoms with E-state index in [1.165, 1.54) is 12.1 Å². The number of anilines is 2. The molecule has 29 heavy (non-hydrogen) atoms. The smallest absolute Gasteiger partial charge is 0.253 e. The van der Waals surface area contributed by atoms with Crippen LogP contribution in [-0.2, 0) is 11.3 Å². The van der Waals surface area contributed by atoms with Gasteiger partial charge in [-0.2, -0.15) is 0 Å². The largest absolute Gasteiger partial charge is 0.376 e. The molecule has 0 unspecified atom stereocenters. The molecule has 7 heteroatoms. The molecule has 0 aliphatic heterocycles. The molecule has 2 amide bonds. The molecule has 0 fully saturated rings. The van der Waals surface area contributed by atoms with Crippen molar-refractivity contribution in [2.75, 3.05) is 17.2 Å². The van der Waals surface area contributed by atoms with Gasteiger partial charge in [-0.1, -0.05) is 54.1 Å². The Morgan fingerprint density at radius 1 is 0.897 bits per heavy atom. The predicted octanol–water partition coefficient (Wildman–Crippen LogP) is 4.46. The van der Waals surface area contributed by atoms with Gasteiger partial charge in [-0.15, -0.1) is 0 Å². The summed E-state index contributed by atoms with van der Waals surface area (Å²) >= 11 is 5.70. The lowest BCUT2D eigenvalue weighted by Crippen LogP contribution is -2.26. The molecule has 0 aliphatic rings. The highest BCUT2D eigenvalue weighted by atomic mass is 35.5. The normalized spacial score (nSPS) is 10.3. The van der Waals surface area contributed by atoms with Crippen molar-refractivity contribution in [1.29, 1.82) is 0 Å². The average molecular weight is 412 g/mol. The SMILES string of the molecule is O=C(CNc1ccccc1C(=O)NCc1ccccc1)Nc1ccc(Cl)cc1F. The van der Waals surface area contributed by atoms with Crippen LogP contribution in [0.25, 0.3) is 0 Å². The molecule has 0 saturated carbocycles. The Labute approximate surface area is 172 Å². The number of hydrogen-bond acceptors (Lipinski definition) is 3. The summed E-state index contributed by atoms with van der Waals surface area (Å²) in [5.41, 5.74) is 1.93. The molecule has 0 heterocycles. The first-order valence-corrected chi connectivity index (χ1v) is 9.30. The van der Waals surface area contributed by atoms with E-state index in [1.807, 2.05) is 30.3 Å². The zero-order valence-corrected chi connectivity index (χ0v) is 16.2. The summed E-state index contributed by atoms with van der Waals surface area (Å²) in [6.07, 6.45) is 0. The number of hydrogen-bond donors (Lipinski definition) is 3. The predicted molar refractivity (Wildman–Crippen MR) is 113 cm³/mol. The molecule has 3 N–H and O–H groups in total. The molecule has 0 atom stereocenters. The standard InChI is InChI=1S/C22H19ClFN3O2/c23-16-10-11-20(18(24)12-16)27-21(28)14-25-19-9-5-4-8-17(19)22(29)26-13-15-6-2-1-3-7-15/h1-12,25H,13-14H2,(H,26,29)(H,27,28). The molecule has 3 aromatic carbocycles. The van der Waals surface area contributed by atoms with Crippen molar-refractivity contribution >= 4 is 34.8 Å². The van der Waals surface area contributed by atoms with Crippen LogP contribution in [0.3, 0.4) is 0 Å². The third-order valence-electron chi connectivity index (χ3n) is 4.11. The summed E-state index contributed by atoms with van der Waals surface area (Å²) in [7, 11) is 0. The molecule has 5 nitrogen and oxygen atoms in total. The summed E-state index contributed by atoms with van der Waals surface area (Å²) in [5, 5.41) is 8.49. The second-order valence-electron chi connectivity index (χ2n) is 6.24. The highest BCUT2D eigenvalue weighted by Gasteiger charge is 2.12. The molecule has 0 aromatic heterocycles. The van der Waals surface area contributed by atoms with Gasteiger partial charge in [0, 0.05) is 17.3 Å². The summed E-state index contributed by atoms with van der Waals surface area (Å²) in [4.78, 5) is 24.7. The topological polar surface area (TPSA) is 70.2 Å². The zero-order chi connectivity index (χ0) is 20.6. The summed E-state index contributed by atoms with van der Waals surface area (Å²) in [5.74, 6) is -1.33. The number of rotatable bonds is 7. The highest BCUT2D eigenvalue weighted by molar-refractivity contribution is 6.30. The fourth-order valence-corrected chi connectivity index (χ4v) is 2.83. The van der Waals surface area contributed by atoms with Crippen molar-refractivity contribution in [3.63, 3.8) is 0 Å². The van der Waals surface area contributed by atoms with Gasteiger partial charge in [0.2, 0.25) is 5.91 Å². The molecule has 0 bridgehead atoms. The van der Waals surface area contributed by atoms with E-state index in [-0.39, 0.29) is 23.2 Å². The van der Waals surface area contributed by atoms with E-state index in [9.17, 15) is 14.0 Å². The minimum atomic E-state index is -0.619. The fourth-order valence-electron chi connectivity index (χ4n) is 2.67. The van der Waals surface area contributed by atoms with E-state index in [2.05, 4.69) is 16.0 Å². The summed E-state index contributed by atoms with van der Waals surface area (Å²) in [6, 6.07) is 20.4. The first-order valence-electron chi connectivity index (χ1n) is 8.93. The van der Waals surface area contributed by atoms with E-state index in [0.717, 1.165) is 11.6 Å². The maximum atomic E-state index is 13.8. The van der Waals surface area contributed by atoms with E-state index >= 15 is 0 Å². The molecule has 3 rings (SSSR count). The van der Waals surface area contributed by atoms with Crippen LogP contribution in [0.4, 0.5) is 15.8 Å². The quantitative estimate of drug-likeness (QED) is 0.537. The molecule has 3 aromatic rings. The Morgan fingerprint density at radius 3 is 2.38 bits per heavy atom. The van der Waals surface area contributed by atoms with Crippen molar-refractivity contribution in [2.24, 2.45) is 0 Å². The first kappa shape index (κ1) is 20.4. The Hall–Kier alpha value is -3.38. The van der Waals surface area contributed by atoms with Gasteiger partial charge in [0.15, 0.2) is 0 Å². The molecule has 0 spiro atoms. The second kappa shape index (κ2) is 9.71. The number of benzene rings is 3. The van der Waals surface area contributed by atoms with Crippen molar-refractivity contribution < 1.29 is 14.0 Å². The zero-order valence-electron chi connectivity index (χ0n) is 15.4. The first-order chi connectivity index (χ1) is 14.0. The van der Waals surface area contributed by atoms with Crippen LogP contribution in [0, 0.1) is 5.82 Å². The van der Waals surface area contributed by atoms with Gasteiger partial charge in [0.1, 0.15) is 5.82 Å². The van der Waals surface area contributed by atoms with Gasteiger partial charge >= 0.3 is 0 Å². The summed E-state index contributed by atoms with van der Waals surface area (Å²) < 4.78 is 13.8. The van der Waals surface area contributed by atoms with Gasteiger partial charge in [-0.25, -0.2) is 4.39 Å².